The Morgan fingerprint density at radius 2 is 1.65 bits per heavy atom. The molecule has 4 rings (SSSR count). The molecule has 6 heteroatoms. The van der Waals surface area contributed by atoms with Gasteiger partial charge in [-0.25, -0.2) is 19.7 Å². The molecule has 0 amide bonds. The maximum Gasteiger partial charge on any atom is 0.339 e. The summed E-state index contributed by atoms with van der Waals surface area (Å²) < 4.78 is 11.0. The summed E-state index contributed by atoms with van der Waals surface area (Å²) in [5.74, 6) is 0.738. The molecule has 0 unspecified atom stereocenters. The molecular weight excluding hydrogens is 462 g/mol. The normalized spacial score (nSPS) is 12.1. The minimum Gasteiger partial charge on any atom is -0.493 e. The van der Waals surface area contributed by atoms with Crippen LogP contribution in [-0.2, 0) is 15.9 Å². The predicted molar refractivity (Wildman–Crippen MR) is 151 cm³/mol. The molecule has 3 aromatic rings. The highest BCUT2D eigenvalue weighted by molar-refractivity contribution is 5.92. The maximum absolute atomic E-state index is 11.9. The topological polar surface area (TPSA) is 74.2 Å². The summed E-state index contributed by atoms with van der Waals surface area (Å²) in [5, 5.41) is 0. The van der Waals surface area contributed by atoms with E-state index in [4.69, 9.17) is 19.4 Å². The van der Waals surface area contributed by atoms with E-state index in [1.807, 2.05) is 58.0 Å². The van der Waals surface area contributed by atoms with E-state index in [1.165, 1.54) is 24.6 Å². The van der Waals surface area contributed by atoms with Gasteiger partial charge >= 0.3 is 5.97 Å². The summed E-state index contributed by atoms with van der Waals surface area (Å²) in [6.45, 7) is 14.3. The molecule has 0 N–H and O–H groups in total. The first-order valence-corrected chi connectivity index (χ1v) is 13.5. The Labute approximate surface area is 222 Å². The smallest absolute Gasteiger partial charge is 0.339 e. The minimum atomic E-state index is -0.431. The number of nitrogens with zero attached hydrogens (tertiary/aromatic N) is 3. The van der Waals surface area contributed by atoms with Crippen LogP contribution in [0.1, 0.15) is 96.6 Å². The number of aromatic nitrogens is 3. The fourth-order valence-electron chi connectivity index (χ4n) is 3.80. The van der Waals surface area contributed by atoms with Gasteiger partial charge in [-0.3, -0.25) is 0 Å². The van der Waals surface area contributed by atoms with Gasteiger partial charge in [0.05, 0.1) is 29.8 Å². The Morgan fingerprint density at radius 3 is 2.24 bits per heavy atom. The zero-order valence-electron chi connectivity index (χ0n) is 23.9. The molecule has 1 saturated carbocycles. The highest BCUT2D eigenvalue weighted by Gasteiger charge is 2.23. The average molecular weight is 506 g/mol. The van der Waals surface area contributed by atoms with Crippen molar-refractivity contribution in [1.82, 2.24) is 15.0 Å². The van der Waals surface area contributed by atoms with Gasteiger partial charge in [-0.05, 0) is 64.5 Å². The van der Waals surface area contributed by atoms with Gasteiger partial charge in [-0.1, -0.05) is 58.0 Å². The number of hydrogen-bond acceptors (Lipinski definition) is 6. The number of unbranched alkanes of at least 4 members (excludes halogenated alkanes) is 1. The summed E-state index contributed by atoms with van der Waals surface area (Å²) >= 11 is 0. The molecule has 37 heavy (non-hydrogen) atoms. The molecule has 0 bridgehead atoms. The zero-order chi connectivity index (χ0) is 27.4. The Balaban J connectivity index is 0.00000115. The SMILES string of the molecule is CC.CC.COC(=O)c1cnc2nc(-c3ccccc3)c(CCCCC(OC(C)(C)C)=C3CC3)nc2c1. The zero-order valence-corrected chi connectivity index (χ0v) is 23.9. The van der Waals surface area contributed by atoms with E-state index >= 15 is 0 Å². The summed E-state index contributed by atoms with van der Waals surface area (Å²) in [5.41, 5.74) is 5.55. The van der Waals surface area contributed by atoms with Crippen LogP contribution in [0.5, 0.6) is 0 Å². The number of carbonyl (C=O) groups excluding carboxylic acids is 1. The summed E-state index contributed by atoms with van der Waals surface area (Å²) in [7, 11) is 1.36. The second-order valence-electron chi connectivity index (χ2n) is 9.39. The largest absolute Gasteiger partial charge is 0.493 e. The number of methoxy groups -OCH3 is 1. The van der Waals surface area contributed by atoms with Gasteiger partial charge in [0.2, 0.25) is 0 Å². The number of fused-ring (bicyclic) bond motifs is 1. The average Bonchev–Trinajstić information content (AvgIpc) is 3.77. The standard InChI is InChI=1S/C27H31N3O3.2C2H6/c1-27(2,3)33-23(18-14-15-18)13-9-8-12-21-24(19-10-6-5-7-11-19)30-25-22(29-21)16-20(17-28-25)26(31)32-4;2*1-2/h5-7,10-11,16-17H,8-9,12-15H2,1-4H3;2*1-2H3. The number of rotatable bonds is 8. The third kappa shape index (κ3) is 8.96. The molecule has 2 aromatic heterocycles. The van der Waals surface area contributed by atoms with Crippen LogP contribution in [0.4, 0.5) is 0 Å². The first-order chi connectivity index (χ1) is 17.8. The number of allylic oxidation sites excluding steroid dienone is 2. The molecule has 0 aliphatic heterocycles. The van der Waals surface area contributed by atoms with E-state index in [2.05, 4.69) is 25.8 Å². The van der Waals surface area contributed by atoms with Crippen LogP contribution in [0.2, 0.25) is 0 Å². The molecule has 0 spiro atoms. The number of benzene rings is 1. The van der Waals surface area contributed by atoms with Crippen LogP contribution >= 0.6 is 0 Å². The number of hydrogen-bond donors (Lipinski definition) is 0. The predicted octanol–water partition coefficient (Wildman–Crippen LogP) is 8.11. The lowest BCUT2D eigenvalue weighted by Gasteiger charge is -2.23. The Bertz CT molecular complexity index is 1180. The van der Waals surface area contributed by atoms with E-state index in [9.17, 15) is 4.79 Å². The van der Waals surface area contributed by atoms with Gasteiger partial charge in [0, 0.05) is 18.2 Å². The molecule has 1 aromatic carbocycles. The van der Waals surface area contributed by atoms with Gasteiger partial charge in [0.15, 0.2) is 5.65 Å². The first kappa shape index (κ1) is 29.9. The molecule has 200 valence electrons. The van der Waals surface area contributed by atoms with Crippen LogP contribution in [0.15, 0.2) is 53.9 Å². The maximum atomic E-state index is 11.9. The lowest BCUT2D eigenvalue weighted by molar-refractivity contribution is 0.0453. The second-order valence-corrected chi connectivity index (χ2v) is 9.39. The van der Waals surface area contributed by atoms with Crippen molar-refractivity contribution in [1.29, 1.82) is 0 Å². The van der Waals surface area contributed by atoms with E-state index in [1.54, 1.807) is 6.07 Å². The molecule has 0 radical (unpaired) electrons. The summed E-state index contributed by atoms with van der Waals surface area (Å²) in [6, 6.07) is 11.8. The monoisotopic (exact) mass is 505 g/mol. The Morgan fingerprint density at radius 1 is 0.973 bits per heavy atom. The van der Waals surface area contributed by atoms with Crippen molar-refractivity contribution in [2.24, 2.45) is 0 Å². The molecule has 1 fully saturated rings. The quantitative estimate of drug-likeness (QED) is 0.175. The van der Waals surface area contributed by atoms with Crippen molar-refractivity contribution in [2.45, 2.75) is 92.6 Å². The molecule has 1 aliphatic rings. The molecule has 1 aliphatic carbocycles. The summed E-state index contributed by atoms with van der Waals surface area (Å²) in [4.78, 5) is 26.0. The fourth-order valence-corrected chi connectivity index (χ4v) is 3.80. The van der Waals surface area contributed by atoms with Gasteiger partial charge in [-0.15, -0.1) is 0 Å². The summed E-state index contributed by atoms with van der Waals surface area (Å²) in [6.07, 6.45) is 7.53. The number of ether oxygens (including phenoxy) is 2. The van der Waals surface area contributed by atoms with Gasteiger partial charge in [-0.2, -0.15) is 0 Å². The van der Waals surface area contributed by atoms with Gasteiger partial charge in [0.25, 0.3) is 0 Å². The van der Waals surface area contributed by atoms with E-state index in [0.717, 1.165) is 55.5 Å². The van der Waals surface area contributed by atoms with Gasteiger partial charge < -0.3 is 9.47 Å². The third-order valence-electron chi connectivity index (χ3n) is 5.45. The molecule has 2 heterocycles. The molecular formula is C31H43N3O3. The number of esters is 1. The van der Waals surface area contributed by atoms with Crippen molar-refractivity contribution in [3.63, 3.8) is 0 Å². The highest BCUT2D eigenvalue weighted by Crippen LogP contribution is 2.36. The van der Waals surface area contributed by atoms with Crippen molar-refractivity contribution in [3.05, 3.63) is 65.2 Å². The van der Waals surface area contributed by atoms with E-state index in [-0.39, 0.29) is 5.60 Å². The van der Waals surface area contributed by atoms with Crippen LogP contribution < -0.4 is 0 Å². The lowest BCUT2D eigenvalue weighted by Crippen LogP contribution is -2.18. The first-order valence-electron chi connectivity index (χ1n) is 13.5. The van der Waals surface area contributed by atoms with Crippen molar-refractivity contribution in [3.8, 4) is 11.3 Å². The van der Waals surface area contributed by atoms with E-state index < -0.39 is 5.97 Å². The van der Waals surface area contributed by atoms with E-state index in [0.29, 0.717) is 16.7 Å². The number of aryl methyl sites for hydroxylation is 1. The lowest BCUT2D eigenvalue weighted by atomic mass is 10.0. The molecule has 0 saturated heterocycles. The second kappa shape index (κ2) is 14.5. The third-order valence-corrected chi connectivity index (χ3v) is 5.45. The highest BCUT2D eigenvalue weighted by atomic mass is 16.5. The van der Waals surface area contributed by atoms with Crippen LogP contribution in [-0.4, -0.2) is 33.6 Å². The number of carbonyl (C=O) groups is 1. The van der Waals surface area contributed by atoms with Crippen molar-refractivity contribution in [2.75, 3.05) is 7.11 Å². The Hall–Kier alpha value is -3.28. The molecule has 6 nitrogen and oxygen atoms in total. The van der Waals surface area contributed by atoms with Crippen molar-refractivity contribution >= 4 is 17.1 Å². The Kier molecular flexibility index (Phi) is 11.7. The van der Waals surface area contributed by atoms with Crippen LogP contribution in [0, 0.1) is 0 Å². The van der Waals surface area contributed by atoms with Crippen LogP contribution in [0.3, 0.4) is 0 Å². The van der Waals surface area contributed by atoms with Gasteiger partial charge in [0.1, 0.15) is 11.1 Å². The van der Waals surface area contributed by atoms with Crippen LogP contribution in [0.25, 0.3) is 22.4 Å². The van der Waals surface area contributed by atoms with Crippen molar-refractivity contribution < 1.29 is 14.3 Å². The molecule has 0 atom stereocenters. The number of pyridine rings is 1. The minimum absolute atomic E-state index is 0.167. The fraction of sp³-hybridized carbons (Fsp3) is 0.484.